The van der Waals surface area contributed by atoms with Gasteiger partial charge in [-0.05, 0) is 37.5 Å². The van der Waals surface area contributed by atoms with Crippen molar-refractivity contribution in [2.24, 2.45) is 0 Å². The summed E-state index contributed by atoms with van der Waals surface area (Å²) in [5, 5.41) is 2.75. The van der Waals surface area contributed by atoms with E-state index in [1.54, 1.807) is 25.6 Å². The summed E-state index contributed by atoms with van der Waals surface area (Å²) in [6, 6.07) is 7.15. The monoisotopic (exact) mass is 385 g/mol. The molecule has 0 spiro atoms. The Morgan fingerprint density at radius 2 is 2.04 bits per heavy atom. The molecule has 28 heavy (non-hydrogen) atoms. The quantitative estimate of drug-likeness (QED) is 0.755. The van der Waals surface area contributed by atoms with E-state index in [1.807, 2.05) is 19.1 Å². The minimum atomic E-state index is -0.258. The molecule has 1 aromatic carbocycles. The number of ether oxygens (including phenoxy) is 2. The van der Waals surface area contributed by atoms with Gasteiger partial charge in [0, 0.05) is 25.1 Å². The maximum Gasteiger partial charge on any atom is 0.258 e. The molecule has 1 fully saturated rings. The number of amides is 1. The van der Waals surface area contributed by atoms with Crippen molar-refractivity contribution in [3.63, 3.8) is 0 Å². The summed E-state index contributed by atoms with van der Waals surface area (Å²) in [6.07, 6.45) is 6.21. The molecule has 0 saturated heterocycles. The van der Waals surface area contributed by atoms with Gasteiger partial charge in [-0.1, -0.05) is 18.9 Å². The first-order valence-electron chi connectivity index (χ1n) is 9.67. The van der Waals surface area contributed by atoms with Crippen LogP contribution in [-0.2, 0) is 11.3 Å². The molecule has 7 heteroatoms. The molecule has 1 N–H and O–H groups in total. The smallest absolute Gasteiger partial charge is 0.258 e. The number of nitrogens with zero attached hydrogens (tertiary/aromatic N) is 2. The highest BCUT2D eigenvalue weighted by molar-refractivity contribution is 5.77. The second-order valence-electron chi connectivity index (χ2n) is 7.12. The number of methoxy groups -OCH3 is 1. The summed E-state index contributed by atoms with van der Waals surface area (Å²) in [7, 11) is 1.56. The van der Waals surface area contributed by atoms with E-state index in [-0.39, 0.29) is 18.1 Å². The Balaban J connectivity index is 1.46. The van der Waals surface area contributed by atoms with Gasteiger partial charge in [-0.3, -0.25) is 14.2 Å². The second-order valence-corrected chi connectivity index (χ2v) is 7.12. The van der Waals surface area contributed by atoms with Crippen LogP contribution in [0.1, 0.15) is 42.9 Å². The lowest BCUT2D eigenvalue weighted by Crippen LogP contribution is -2.34. The Morgan fingerprint density at radius 3 is 2.75 bits per heavy atom. The van der Waals surface area contributed by atoms with Gasteiger partial charge in [-0.2, -0.15) is 0 Å². The van der Waals surface area contributed by atoms with Crippen molar-refractivity contribution in [1.82, 2.24) is 14.9 Å². The van der Waals surface area contributed by atoms with Crippen LogP contribution in [0.2, 0.25) is 0 Å². The van der Waals surface area contributed by atoms with Crippen molar-refractivity contribution in [3.8, 4) is 11.5 Å². The molecule has 0 aliphatic heterocycles. The van der Waals surface area contributed by atoms with Gasteiger partial charge >= 0.3 is 0 Å². The van der Waals surface area contributed by atoms with Crippen LogP contribution in [0.15, 0.2) is 35.4 Å². The molecule has 0 unspecified atom stereocenters. The number of carbonyl (C=O) groups is 1. The van der Waals surface area contributed by atoms with E-state index in [0.29, 0.717) is 30.5 Å². The van der Waals surface area contributed by atoms with Crippen molar-refractivity contribution in [2.45, 2.75) is 45.1 Å². The lowest BCUT2D eigenvalue weighted by Gasteiger charge is -2.12. The summed E-state index contributed by atoms with van der Waals surface area (Å²) >= 11 is 0. The van der Waals surface area contributed by atoms with Gasteiger partial charge in [-0.25, -0.2) is 4.98 Å². The van der Waals surface area contributed by atoms with E-state index in [9.17, 15) is 9.59 Å². The van der Waals surface area contributed by atoms with Crippen LogP contribution in [0, 0.1) is 6.92 Å². The molecule has 0 atom stereocenters. The Labute approximate surface area is 164 Å². The number of carbonyl (C=O) groups excluding carboxylic acids is 1. The molecular weight excluding hydrogens is 358 g/mol. The maximum absolute atomic E-state index is 12.3. The van der Waals surface area contributed by atoms with Gasteiger partial charge < -0.3 is 14.8 Å². The third kappa shape index (κ3) is 5.12. The second kappa shape index (κ2) is 9.39. The summed E-state index contributed by atoms with van der Waals surface area (Å²) in [5.41, 5.74) is 1.86. The fourth-order valence-corrected chi connectivity index (χ4v) is 3.46. The topological polar surface area (TPSA) is 82.4 Å². The van der Waals surface area contributed by atoms with Crippen LogP contribution in [0.3, 0.4) is 0 Å². The van der Waals surface area contributed by atoms with E-state index >= 15 is 0 Å². The summed E-state index contributed by atoms with van der Waals surface area (Å²) in [5.74, 6) is 1.27. The number of rotatable bonds is 8. The van der Waals surface area contributed by atoms with E-state index in [0.717, 1.165) is 24.1 Å². The molecule has 1 amide bonds. The maximum atomic E-state index is 12.3. The first-order valence-corrected chi connectivity index (χ1v) is 9.67. The SMILES string of the molecule is COc1cc(C)ccc1OCC(=O)NCCn1cnc(C2CCCC2)cc1=O. The average Bonchev–Trinajstić information content (AvgIpc) is 3.23. The zero-order valence-corrected chi connectivity index (χ0v) is 16.4. The van der Waals surface area contributed by atoms with E-state index < -0.39 is 0 Å². The van der Waals surface area contributed by atoms with Gasteiger partial charge in [0.2, 0.25) is 0 Å². The van der Waals surface area contributed by atoms with Crippen LogP contribution in [-0.4, -0.2) is 35.7 Å². The van der Waals surface area contributed by atoms with Crippen LogP contribution >= 0.6 is 0 Å². The average molecular weight is 385 g/mol. The Morgan fingerprint density at radius 1 is 1.25 bits per heavy atom. The number of aryl methyl sites for hydroxylation is 1. The molecule has 1 heterocycles. The van der Waals surface area contributed by atoms with Gasteiger partial charge in [0.15, 0.2) is 18.1 Å². The minimum Gasteiger partial charge on any atom is -0.493 e. The van der Waals surface area contributed by atoms with Gasteiger partial charge in [0.05, 0.1) is 19.1 Å². The predicted octanol–water partition coefficient (Wildman–Crippen LogP) is 2.41. The molecule has 1 aliphatic rings. The highest BCUT2D eigenvalue weighted by Gasteiger charge is 2.18. The molecule has 7 nitrogen and oxygen atoms in total. The zero-order chi connectivity index (χ0) is 19.9. The molecule has 1 saturated carbocycles. The van der Waals surface area contributed by atoms with Crippen LogP contribution in [0.5, 0.6) is 11.5 Å². The first kappa shape index (κ1) is 19.9. The predicted molar refractivity (Wildman–Crippen MR) is 106 cm³/mol. The minimum absolute atomic E-state index is 0.0770. The highest BCUT2D eigenvalue weighted by atomic mass is 16.5. The summed E-state index contributed by atoms with van der Waals surface area (Å²) < 4.78 is 12.3. The molecule has 150 valence electrons. The van der Waals surface area contributed by atoms with Crippen LogP contribution < -0.4 is 20.3 Å². The van der Waals surface area contributed by atoms with Gasteiger partial charge in [-0.15, -0.1) is 0 Å². The number of hydrogen-bond acceptors (Lipinski definition) is 5. The van der Waals surface area contributed by atoms with E-state index in [2.05, 4.69) is 10.3 Å². The fourth-order valence-electron chi connectivity index (χ4n) is 3.46. The zero-order valence-electron chi connectivity index (χ0n) is 16.4. The third-order valence-corrected chi connectivity index (χ3v) is 5.03. The lowest BCUT2D eigenvalue weighted by atomic mass is 10.0. The van der Waals surface area contributed by atoms with Crippen molar-refractivity contribution < 1.29 is 14.3 Å². The summed E-state index contributed by atoms with van der Waals surface area (Å²) in [4.78, 5) is 28.7. The third-order valence-electron chi connectivity index (χ3n) is 5.03. The fraction of sp³-hybridized carbons (Fsp3) is 0.476. The van der Waals surface area contributed by atoms with Gasteiger partial charge in [0.1, 0.15) is 0 Å². The van der Waals surface area contributed by atoms with Crippen molar-refractivity contribution >= 4 is 5.91 Å². The van der Waals surface area contributed by atoms with Crippen LogP contribution in [0.4, 0.5) is 0 Å². The Hall–Kier alpha value is -2.83. The number of aromatic nitrogens is 2. The normalized spacial score (nSPS) is 14.1. The molecule has 0 radical (unpaired) electrons. The number of nitrogens with one attached hydrogen (secondary N) is 1. The van der Waals surface area contributed by atoms with E-state index in [4.69, 9.17) is 9.47 Å². The Kier molecular flexibility index (Phi) is 6.68. The van der Waals surface area contributed by atoms with E-state index in [1.165, 1.54) is 17.4 Å². The largest absolute Gasteiger partial charge is 0.493 e. The standard InChI is InChI=1S/C21H27N3O4/c1-15-7-8-18(19(11-15)27-2)28-13-20(25)22-9-10-24-14-23-17(12-21(24)26)16-5-3-4-6-16/h7-8,11-12,14,16H,3-6,9-10,13H2,1-2H3,(H,22,25). The highest BCUT2D eigenvalue weighted by Crippen LogP contribution is 2.32. The molecular formula is C21H27N3O4. The van der Waals surface area contributed by atoms with Crippen molar-refractivity contribution in [2.75, 3.05) is 20.3 Å². The number of benzene rings is 1. The molecule has 3 rings (SSSR count). The summed E-state index contributed by atoms with van der Waals surface area (Å²) in [6.45, 7) is 2.54. The van der Waals surface area contributed by atoms with Crippen molar-refractivity contribution in [1.29, 1.82) is 0 Å². The molecule has 1 aromatic heterocycles. The molecule has 2 aromatic rings. The van der Waals surface area contributed by atoms with Gasteiger partial charge in [0.25, 0.3) is 11.5 Å². The first-order chi connectivity index (χ1) is 13.6. The number of hydrogen-bond donors (Lipinski definition) is 1. The Bertz CT molecular complexity index is 872. The van der Waals surface area contributed by atoms with Crippen LogP contribution in [0.25, 0.3) is 0 Å². The van der Waals surface area contributed by atoms with Crippen molar-refractivity contribution in [3.05, 3.63) is 52.2 Å². The molecule has 0 bridgehead atoms. The lowest BCUT2D eigenvalue weighted by molar-refractivity contribution is -0.123. The molecule has 1 aliphatic carbocycles.